The Morgan fingerprint density at radius 2 is 1.75 bits per heavy atom. The molecule has 0 saturated heterocycles. The third kappa shape index (κ3) is 10.0. The topological polar surface area (TPSA) is 78.9 Å². The van der Waals surface area contributed by atoms with Crippen LogP contribution < -0.4 is 0 Å². The summed E-state index contributed by atoms with van der Waals surface area (Å²) >= 11 is 0. The maximum absolute atomic E-state index is 12.3. The standard InChI is InChI=1S/C22H30O6/c1-16(13-18(23)14-21(25)28-22(2,3)4)19(11-12-20(24)26-5)27-15-17-9-7-6-8-10-17/h6-12,16,19H,13-15H2,1-5H3/b12-11+/t16-,19+/m0/s1. The van der Waals surface area contributed by atoms with Gasteiger partial charge in [-0.15, -0.1) is 0 Å². The second-order valence-corrected chi connectivity index (χ2v) is 7.63. The van der Waals surface area contributed by atoms with Gasteiger partial charge >= 0.3 is 11.9 Å². The number of carbonyl (C=O) groups is 3. The smallest absolute Gasteiger partial charge is 0.330 e. The fourth-order valence-electron chi connectivity index (χ4n) is 2.50. The van der Waals surface area contributed by atoms with Crippen LogP contribution in [0.4, 0.5) is 0 Å². The monoisotopic (exact) mass is 390 g/mol. The van der Waals surface area contributed by atoms with Crippen molar-refractivity contribution in [2.24, 2.45) is 5.92 Å². The Morgan fingerprint density at radius 3 is 2.32 bits per heavy atom. The lowest BCUT2D eigenvalue weighted by Crippen LogP contribution is -2.27. The van der Waals surface area contributed by atoms with Gasteiger partial charge in [0.1, 0.15) is 17.8 Å². The lowest BCUT2D eigenvalue weighted by molar-refractivity contribution is -0.156. The van der Waals surface area contributed by atoms with Crippen LogP contribution in [0.2, 0.25) is 0 Å². The highest BCUT2D eigenvalue weighted by Gasteiger charge is 2.23. The van der Waals surface area contributed by atoms with Crippen molar-refractivity contribution in [1.29, 1.82) is 0 Å². The van der Waals surface area contributed by atoms with E-state index in [1.54, 1.807) is 26.8 Å². The molecule has 0 radical (unpaired) electrons. The van der Waals surface area contributed by atoms with Crippen LogP contribution in [0.15, 0.2) is 42.5 Å². The molecule has 0 heterocycles. The van der Waals surface area contributed by atoms with Crippen LogP contribution in [0.5, 0.6) is 0 Å². The molecule has 6 heteroatoms. The number of ether oxygens (including phenoxy) is 3. The molecule has 0 bridgehead atoms. The highest BCUT2D eigenvalue weighted by Crippen LogP contribution is 2.18. The molecule has 0 aliphatic rings. The molecule has 0 amide bonds. The number of carbonyl (C=O) groups excluding carboxylic acids is 3. The van der Waals surface area contributed by atoms with Crippen molar-refractivity contribution in [3.8, 4) is 0 Å². The van der Waals surface area contributed by atoms with Crippen molar-refractivity contribution in [2.45, 2.75) is 58.8 Å². The first-order valence-corrected chi connectivity index (χ1v) is 9.26. The Hall–Kier alpha value is -2.47. The minimum atomic E-state index is -0.631. The van der Waals surface area contributed by atoms with Gasteiger partial charge in [-0.25, -0.2) is 4.79 Å². The quantitative estimate of drug-likeness (QED) is 0.345. The van der Waals surface area contributed by atoms with Crippen molar-refractivity contribution in [3.63, 3.8) is 0 Å². The molecule has 0 unspecified atom stereocenters. The second-order valence-electron chi connectivity index (χ2n) is 7.63. The number of rotatable bonds is 10. The summed E-state index contributed by atoms with van der Waals surface area (Å²) in [6, 6.07) is 9.59. The normalized spacial score (nSPS) is 13.8. The van der Waals surface area contributed by atoms with E-state index < -0.39 is 23.6 Å². The lowest BCUT2D eigenvalue weighted by atomic mass is 9.96. The molecule has 0 aliphatic carbocycles. The third-order valence-corrected chi connectivity index (χ3v) is 3.78. The zero-order valence-electron chi connectivity index (χ0n) is 17.3. The fourth-order valence-corrected chi connectivity index (χ4v) is 2.50. The molecule has 1 rings (SSSR count). The molecule has 6 nitrogen and oxygen atoms in total. The van der Waals surface area contributed by atoms with Crippen molar-refractivity contribution in [1.82, 2.24) is 0 Å². The molecule has 1 aromatic rings. The molecule has 0 aliphatic heterocycles. The van der Waals surface area contributed by atoms with Gasteiger partial charge < -0.3 is 14.2 Å². The predicted molar refractivity (Wildman–Crippen MR) is 105 cm³/mol. The zero-order chi connectivity index (χ0) is 21.2. The molecule has 28 heavy (non-hydrogen) atoms. The Bertz CT molecular complexity index is 672. The molecule has 0 spiro atoms. The van der Waals surface area contributed by atoms with Crippen LogP contribution in [0, 0.1) is 5.92 Å². The summed E-state index contributed by atoms with van der Waals surface area (Å²) in [5.74, 6) is -1.52. The molecule has 1 aromatic carbocycles. The van der Waals surface area contributed by atoms with E-state index in [1.165, 1.54) is 13.2 Å². The summed E-state index contributed by atoms with van der Waals surface area (Å²) in [5, 5.41) is 0. The van der Waals surface area contributed by atoms with Gasteiger partial charge in [0.25, 0.3) is 0 Å². The molecule has 154 valence electrons. The Kier molecular flexibility index (Phi) is 9.59. The van der Waals surface area contributed by atoms with E-state index in [1.807, 2.05) is 37.3 Å². The van der Waals surface area contributed by atoms with Crippen LogP contribution >= 0.6 is 0 Å². The SMILES string of the molecule is COC(=O)/C=C/[C@@H](OCc1ccccc1)[C@@H](C)CC(=O)CC(=O)OC(C)(C)C. The van der Waals surface area contributed by atoms with E-state index in [9.17, 15) is 14.4 Å². The molecule has 0 fully saturated rings. The molecule has 0 aromatic heterocycles. The molecular formula is C22H30O6. The second kappa shape index (κ2) is 11.4. The number of esters is 2. The van der Waals surface area contributed by atoms with Gasteiger partial charge in [0, 0.05) is 12.5 Å². The van der Waals surface area contributed by atoms with Gasteiger partial charge in [-0.1, -0.05) is 37.3 Å². The summed E-state index contributed by atoms with van der Waals surface area (Å²) in [6.45, 7) is 7.43. The lowest BCUT2D eigenvalue weighted by Gasteiger charge is -2.22. The van der Waals surface area contributed by atoms with E-state index in [0.717, 1.165) is 5.56 Å². The first kappa shape index (κ1) is 23.6. The van der Waals surface area contributed by atoms with Crippen molar-refractivity contribution >= 4 is 17.7 Å². The Morgan fingerprint density at radius 1 is 1.11 bits per heavy atom. The fraction of sp³-hybridized carbons (Fsp3) is 0.500. The summed E-state index contributed by atoms with van der Waals surface area (Å²) in [6.07, 6.45) is 2.23. The van der Waals surface area contributed by atoms with Crippen molar-refractivity contribution in [3.05, 3.63) is 48.0 Å². The molecule has 0 N–H and O–H groups in total. The molecule has 0 saturated carbocycles. The average Bonchev–Trinajstić information content (AvgIpc) is 2.60. The van der Waals surface area contributed by atoms with Gasteiger partial charge in [0.2, 0.25) is 0 Å². The zero-order valence-corrected chi connectivity index (χ0v) is 17.3. The highest BCUT2D eigenvalue weighted by atomic mass is 16.6. The van der Waals surface area contributed by atoms with E-state index in [-0.39, 0.29) is 24.5 Å². The summed E-state index contributed by atoms with van der Waals surface area (Å²) in [5.41, 5.74) is 0.347. The Balaban J connectivity index is 2.70. The van der Waals surface area contributed by atoms with E-state index >= 15 is 0 Å². The van der Waals surface area contributed by atoms with Crippen LogP contribution in [0.1, 0.15) is 46.1 Å². The summed E-state index contributed by atoms with van der Waals surface area (Å²) in [7, 11) is 1.29. The summed E-state index contributed by atoms with van der Waals surface area (Å²) in [4.78, 5) is 35.5. The number of benzene rings is 1. The number of hydrogen-bond acceptors (Lipinski definition) is 6. The Labute approximate surface area is 166 Å². The van der Waals surface area contributed by atoms with Crippen LogP contribution in [0.3, 0.4) is 0 Å². The average molecular weight is 390 g/mol. The highest BCUT2D eigenvalue weighted by molar-refractivity contribution is 5.95. The van der Waals surface area contributed by atoms with Crippen molar-refractivity contribution < 1.29 is 28.6 Å². The minimum absolute atomic E-state index is 0.129. The van der Waals surface area contributed by atoms with Crippen LogP contribution in [-0.4, -0.2) is 36.5 Å². The first-order chi connectivity index (χ1) is 13.1. The van der Waals surface area contributed by atoms with Gasteiger partial charge in [0.05, 0.1) is 19.8 Å². The van der Waals surface area contributed by atoms with Gasteiger partial charge in [-0.3, -0.25) is 9.59 Å². The molecular weight excluding hydrogens is 360 g/mol. The number of Topliss-reactive ketones (excluding diaryl/α,β-unsaturated/α-hetero) is 1. The molecule has 2 atom stereocenters. The number of hydrogen-bond donors (Lipinski definition) is 0. The maximum atomic E-state index is 12.3. The van der Waals surface area contributed by atoms with E-state index in [4.69, 9.17) is 9.47 Å². The van der Waals surface area contributed by atoms with E-state index in [0.29, 0.717) is 6.61 Å². The van der Waals surface area contributed by atoms with Gasteiger partial charge in [-0.2, -0.15) is 0 Å². The van der Waals surface area contributed by atoms with Crippen LogP contribution in [-0.2, 0) is 35.2 Å². The maximum Gasteiger partial charge on any atom is 0.330 e. The van der Waals surface area contributed by atoms with Crippen LogP contribution in [0.25, 0.3) is 0 Å². The van der Waals surface area contributed by atoms with Gasteiger partial charge in [0.15, 0.2) is 0 Å². The predicted octanol–water partition coefficient (Wildman–Crippen LogP) is 3.63. The van der Waals surface area contributed by atoms with Crippen molar-refractivity contribution in [2.75, 3.05) is 7.11 Å². The number of methoxy groups -OCH3 is 1. The van der Waals surface area contributed by atoms with E-state index in [2.05, 4.69) is 4.74 Å². The number of ketones is 1. The van der Waals surface area contributed by atoms with Gasteiger partial charge in [-0.05, 0) is 38.3 Å². The third-order valence-electron chi connectivity index (χ3n) is 3.78. The summed E-state index contributed by atoms with van der Waals surface area (Å²) < 4.78 is 15.7. The first-order valence-electron chi connectivity index (χ1n) is 9.26. The largest absolute Gasteiger partial charge is 0.466 e. The minimum Gasteiger partial charge on any atom is -0.466 e.